The first kappa shape index (κ1) is 20.0. The standard InChI is InChI=1S/C20H21ClN4O3/c1-25-18-12-22-15(3-2-8-26)9-16(18)20(28)17(24-25)10-19(27)23-11-13-4-6-14(21)7-5-13/h4-7,9,12,26H,2-3,8,10-11H2,1H3,(H,23,27). The number of aliphatic hydroxyl groups is 1. The number of hydrogen-bond acceptors (Lipinski definition) is 5. The number of rotatable bonds is 7. The summed E-state index contributed by atoms with van der Waals surface area (Å²) in [5.74, 6) is -0.284. The van der Waals surface area contributed by atoms with Gasteiger partial charge in [0.05, 0.1) is 23.5 Å². The van der Waals surface area contributed by atoms with E-state index in [0.29, 0.717) is 35.3 Å². The molecular formula is C20H21ClN4O3. The number of benzene rings is 1. The maximum absolute atomic E-state index is 12.8. The van der Waals surface area contributed by atoms with E-state index < -0.39 is 0 Å². The predicted octanol–water partition coefficient (Wildman–Crippen LogP) is 1.77. The first-order valence-corrected chi connectivity index (χ1v) is 9.32. The Bertz CT molecular complexity index is 1050. The number of nitrogens with one attached hydrogen (secondary N) is 1. The summed E-state index contributed by atoms with van der Waals surface area (Å²) in [6.07, 6.45) is 2.64. The molecule has 0 aliphatic heterocycles. The van der Waals surface area contributed by atoms with Crippen LogP contribution in [-0.2, 0) is 31.2 Å². The third kappa shape index (κ3) is 4.74. The van der Waals surface area contributed by atoms with Crippen LogP contribution in [0.5, 0.6) is 0 Å². The number of nitrogens with zero attached hydrogens (tertiary/aromatic N) is 3. The van der Waals surface area contributed by atoms with Crippen LogP contribution in [0.15, 0.2) is 41.3 Å². The first-order valence-electron chi connectivity index (χ1n) is 8.94. The van der Waals surface area contributed by atoms with Crippen molar-refractivity contribution in [3.63, 3.8) is 0 Å². The Morgan fingerprint density at radius 2 is 2.04 bits per heavy atom. The molecule has 3 rings (SSSR count). The molecule has 8 heteroatoms. The lowest BCUT2D eigenvalue weighted by Crippen LogP contribution is -2.29. The monoisotopic (exact) mass is 400 g/mol. The zero-order valence-electron chi connectivity index (χ0n) is 15.5. The number of aliphatic hydroxyl groups excluding tert-OH is 1. The molecule has 1 amide bonds. The number of amides is 1. The Morgan fingerprint density at radius 1 is 1.29 bits per heavy atom. The lowest BCUT2D eigenvalue weighted by atomic mass is 10.1. The Balaban J connectivity index is 1.77. The molecule has 2 N–H and O–H groups in total. The van der Waals surface area contributed by atoms with Crippen LogP contribution in [0.25, 0.3) is 10.9 Å². The normalized spacial score (nSPS) is 11.0. The second-order valence-corrected chi connectivity index (χ2v) is 6.94. The van der Waals surface area contributed by atoms with E-state index in [-0.39, 0.29) is 30.1 Å². The van der Waals surface area contributed by atoms with E-state index in [4.69, 9.17) is 16.7 Å². The highest BCUT2D eigenvalue weighted by Gasteiger charge is 2.14. The molecule has 0 fully saturated rings. The summed E-state index contributed by atoms with van der Waals surface area (Å²) in [6, 6.07) is 8.88. The summed E-state index contributed by atoms with van der Waals surface area (Å²) in [5.41, 5.74) is 2.15. The van der Waals surface area contributed by atoms with Gasteiger partial charge in [-0.2, -0.15) is 5.10 Å². The van der Waals surface area contributed by atoms with Crippen molar-refractivity contribution in [1.29, 1.82) is 0 Å². The summed E-state index contributed by atoms with van der Waals surface area (Å²) in [5, 5.41) is 17.1. The van der Waals surface area contributed by atoms with Gasteiger partial charge in [0.15, 0.2) is 0 Å². The van der Waals surface area contributed by atoms with Crippen molar-refractivity contribution in [2.75, 3.05) is 6.61 Å². The number of halogens is 1. The smallest absolute Gasteiger partial charge is 0.226 e. The molecule has 0 aliphatic rings. The van der Waals surface area contributed by atoms with E-state index in [1.54, 1.807) is 36.1 Å². The van der Waals surface area contributed by atoms with Gasteiger partial charge in [0.2, 0.25) is 11.3 Å². The number of aromatic nitrogens is 3. The van der Waals surface area contributed by atoms with E-state index in [1.165, 1.54) is 0 Å². The van der Waals surface area contributed by atoms with E-state index in [1.807, 2.05) is 12.1 Å². The quantitative estimate of drug-likeness (QED) is 0.630. The molecule has 0 bridgehead atoms. The van der Waals surface area contributed by atoms with E-state index >= 15 is 0 Å². The third-order valence-electron chi connectivity index (χ3n) is 4.39. The number of pyridine rings is 1. The summed E-state index contributed by atoms with van der Waals surface area (Å²) < 4.78 is 1.56. The molecule has 28 heavy (non-hydrogen) atoms. The van der Waals surface area contributed by atoms with Gasteiger partial charge in [-0.1, -0.05) is 23.7 Å². The van der Waals surface area contributed by atoms with Gasteiger partial charge < -0.3 is 10.4 Å². The number of carbonyl (C=O) groups excluding carboxylic acids is 1. The van der Waals surface area contributed by atoms with Crippen molar-refractivity contribution in [3.05, 3.63) is 68.7 Å². The van der Waals surface area contributed by atoms with Gasteiger partial charge in [0, 0.05) is 30.9 Å². The maximum atomic E-state index is 12.8. The van der Waals surface area contributed by atoms with Crippen LogP contribution in [0.1, 0.15) is 23.4 Å². The van der Waals surface area contributed by atoms with Gasteiger partial charge in [-0.3, -0.25) is 19.3 Å². The Hall–Kier alpha value is -2.77. The SMILES string of the molecule is Cn1nc(CC(=O)NCc2ccc(Cl)cc2)c(=O)c2cc(CCCO)ncc21. The summed E-state index contributed by atoms with van der Waals surface area (Å²) in [6.45, 7) is 0.409. The van der Waals surface area contributed by atoms with Gasteiger partial charge in [-0.15, -0.1) is 0 Å². The maximum Gasteiger partial charge on any atom is 0.226 e. The highest BCUT2D eigenvalue weighted by atomic mass is 35.5. The first-order chi connectivity index (χ1) is 13.5. The van der Waals surface area contributed by atoms with Crippen LogP contribution >= 0.6 is 11.6 Å². The number of hydrogen-bond donors (Lipinski definition) is 2. The fourth-order valence-corrected chi connectivity index (χ4v) is 3.02. The Kier molecular flexibility index (Phi) is 6.38. The van der Waals surface area contributed by atoms with Crippen molar-refractivity contribution in [1.82, 2.24) is 20.1 Å². The van der Waals surface area contributed by atoms with Crippen LogP contribution in [0.2, 0.25) is 5.02 Å². The zero-order chi connectivity index (χ0) is 20.1. The van der Waals surface area contributed by atoms with Crippen molar-refractivity contribution < 1.29 is 9.90 Å². The van der Waals surface area contributed by atoms with Crippen LogP contribution in [0.3, 0.4) is 0 Å². The third-order valence-corrected chi connectivity index (χ3v) is 4.64. The minimum atomic E-state index is -0.284. The summed E-state index contributed by atoms with van der Waals surface area (Å²) >= 11 is 5.85. The topological polar surface area (TPSA) is 97.1 Å². The highest BCUT2D eigenvalue weighted by molar-refractivity contribution is 6.30. The van der Waals surface area contributed by atoms with Crippen molar-refractivity contribution in [2.45, 2.75) is 25.8 Å². The Morgan fingerprint density at radius 3 is 2.75 bits per heavy atom. The molecule has 0 spiro atoms. The lowest BCUT2D eigenvalue weighted by Gasteiger charge is -2.09. The largest absolute Gasteiger partial charge is 0.396 e. The predicted molar refractivity (Wildman–Crippen MR) is 107 cm³/mol. The highest BCUT2D eigenvalue weighted by Crippen LogP contribution is 2.12. The molecule has 0 atom stereocenters. The van der Waals surface area contributed by atoms with Crippen LogP contribution in [0.4, 0.5) is 0 Å². The molecule has 0 radical (unpaired) electrons. The molecule has 1 aromatic carbocycles. The summed E-state index contributed by atoms with van der Waals surface area (Å²) in [7, 11) is 1.71. The van der Waals surface area contributed by atoms with E-state index in [9.17, 15) is 9.59 Å². The van der Waals surface area contributed by atoms with Gasteiger partial charge in [0.1, 0.15) is 5.69 Å². The van der Waals surface area contributed by atoms with E-state index in [0.717, 1.165) is 11.3 Å². The minimum Gasteiger partial charge on any atom is -0.396 e. The fourth-order valence-electron chi connectivity index (χ4n) is 2.90. The fraction of sp³-hybridized carbons (Fsp3) is 0.300. The molecular weight excluding hydrogens is 380 g/mol. The molecule has 146 valence electrons. The van der Waals surface area contributed by atoms with Crippen LogP contribution in [-0.4, -0.2) is 32.4 Å². The van der Waals surface area contributed by atoms with Crippen molar-refractivity contribution in [2.24, 2.45) is 7.05 Å². The average Bonchev–Trinajstić information content (AvgIpc) is 2.69. The second kappa shape index (κ2) is 8.95. The van der Waals surface area contributed by atoms with Gasteiger partial charge in [0.25, 0.3) is 0 Å². The zero-order valence-corrected chi connectivity index (χ0v) is 16.2. The van der Waals surface area contributed by atoms with Crippen LogP contribution < -0.4 is 10.7 Å². The second-order valence-electron chi connectivity index (χ2n) is 6.50. The molecule has 7 nitrogen and oxygen atoms in total. The number of fused-ring (bicyclic) bond motifs is 1. The van der Waals surface area contributed by atoms with Gasteiger partial charge in [-0.25, -0.2) is 0 Å². The molecule has 3 aromatic rings. The molecule has 2 aromatic heterocycles. The molecule has 0 saturated carbocycles. The number of aryl methyl sites for hydroxylation is 2. The molecule has 0 unspecified atom stereocenters. The molecule has 0 saturated heterocycles. The van der Waals surface area contributed by atoms with Gasteiger partial charge in [-0.05, 0) is 36.6 Å². The minimum absolute atomic E-state index is 0.0626. The summed E-state index contributed by atoms with van der Waals surface area (Å²) in [4.78, 5) is 29.4. The van der Waals surface area contributed by atoms with Gasteiger partial charge >= 0.3 is 0 Å². The van der Waals surface area contributed by atoms with Crippen LogP contribution in [0, 0.1) is 0 Å². The van der Waals surface area contributed by atoms with E-state index in [2.05, 4.69) is 15.4 Å². The molecule has 2 heterocycles. The van der Waals surface area contributed by atoms with Crippen molar-refractivity contribution in [3.8, 4) is 0 Å². The Labute approximate surface area is 167 Å². The average molecular weight is 401 g/mol. The number of carbonyl (C=O) groups is 1. The van der Waals surface area contributed by atoms with Crippen molar-refractivity contribution >= 4 is 28.4 Å². The lowest BCUT2D eigenvalue weighted by molar-refractivity contribution is -0.120. The molecule has 0 aliphatic carbocycles.